The van der Waals surface area contributed by atoms with Gasteiger partial charge in [0.25, 0.3) is 0 Å². The lowest BCUT2D eigenvalue weighted by Gasteiger charge is -2.39. The highest BCUT2D eigenvalue weighted by Gasteiger charge is 2.51. The first-order chi connectivity index (χ1) is 6.80. The van der Waals surface area contributed by atoms with Gasteiger partial charge in [-0.05, 0) is 30.1 Å². The Balaban J connectivity index is 2.12. The number of carbonyl (C=O) groups is 1. The normalized spacial score (nSPS) is 39.0. The first kappa shape index (κ1) is 10.7. The van der Waals surface area contributed by atoms with Crippen LogP contribution in [0.15, 0.2) is 0 Å². The number of hydroxylamine groups is 2. The van der Waals surface area contributed by atoms with E-state index in [1.54, 1.807) is 5.06 Å². The minimum absolute atomic E-state index is 0.224. The summed E-state index contributed by atoms with van der Waals surface area (Å²) in [5.41, 5.74) is 0.524. The number of rotatable bonds is 1. The molecule has 1 saturated heterocycles. The Morgan fingerprint density at radius 1 is 1.40 bits per heavy atom. The Labute approximate surface area is 90.2 Å². The van der Waals surface area contributed by atoms with Gasteiger partial charge in [-0.25, -0.2) is 4.79 Å². The SMILES string of the molecule is CC1(C)CC2CC(C)(CN2OC(=O)O)C1. The Kier molecular flexibility index (Phi) is 2.23. The summed E-state index contributed by atoms with van der Waals surface area (Å²) in [6, 6.07) is 0.273. The van der Waals surface area contributed by atoms with Crippen molar-refractivity contribution >= 4 is 6.16 Å². The second kappa shape index (κ2) is 3.11. The van der Waals surface area contributed by atoms with Gasteiger partial charge in [-0.1, -0.05) is 20.8 Å². The average Bonchev–Trinajstić information content (AvgIpc) is 2.17. The molecule has 2 bridgehead atoms. The third-order valence-electron chi connectivity index (χ3n) is 3.56. The van der Waals surface area contributed by atoms with Crippen LogP contribution in [0.4, 0.5) is 4.79 Å². The first-order valence-corrected chi connectivity index (χ1v) is 5.47. The fourth-order valence-electron chi connectivity index (χ4n) is 3.62. The Morgan fingerprint density at radius 2 is 2.07 bits per heavy atom. The van der Waals surface area contributed by atoms with Crippen molar-refractivity contribution in [1.29, 1.82) is 0 Å². The molecule has 0 aromatic rings. The number of carboxylic acid groups (broad SMARTS) is 1. The van der Waals surface area contributed by atoms with Crippen LogP contribution in [0.25, 0.3) is 0 Å². The van der Waals surface area contributed by atoms with Crippen molar-refractivity contribution in [2.24, 2.45) is 10.8 Å². The van der Waals surface area contributed by atoms with Gasteiger partial charge in [0.1, 0.15) is 0 Å². The van der Waals surface area contributed by atoms with Gasteiger partial charge in [0, 0.05) is 12.6 Å². The van der Waals surface area contributed by atoms with Gasteiger partial charge in [-0.2, -0.15) is 0 Å². The third kappa shape index (κ3) is 2.09. The molecule has 2 aliphatic rings. The molecule has 2 fully saturated rings. The molecule has 2 rings (SSSR count). The monoisotopic (exact) mass is 213 g/mol. The standard InChI is InChI=1S/C11H19NO3/c1-10(2)4-8-5-11(3,6-10)7-12(8)15-9(13)14/h8H,4-7H2,1-3H3,(H,13,14). The van der Waals surface area contributed by atoms with E-state index >= 15 is 0 Å². The van der Waals surface area contributed by atoms with Crippen LogP contribution >= 0.6 is 0 Å². The zero-order chi connectivity index (χ0) is 11.3. The van der Waals surface area contributed by atoms with E-state index in [-0.39, 0.29) is 11.5 Å². The van der Waals surface area contributed by atoms with Crippen molar-refractivity contribution in [1.82, 2.24) is 5.06 Å². The van der Waals surface area contributed by atoms with Crippen LogP contribution in [0.5, 0.6) is 0 Å². The zero-order valence-corrected chi connectivity index (χ0v) is 9.62. The van der Waals surface area contributed by atoms with Gasteiger partial charge in [0.2, 0.25) is 0 Å². The van der Waals surface area contributed by atoms with Gasteiger partial charge in [-0.3, -0.25) is 0 Å². The molecular formula is C11H19NO3. The Morgan fingerprint density at radius 3 is 2.67 bits per heavy atom. The molecule has 1 saturated carbocycles. The number of hydrogen-bond acceptors (Lipinski definition) is 3. The van der Waals surface area contributed by atoms with Crippen LogP contribution in [0, 0.1) is 10.8 Å². The highest BCUT2D eigenvalue weighted by atomic mass is 16.8. The van der Waals surface area contributed by atoms with Crippen molar-refractivity contribution in [2.45, 2.75) is 46.1 Å². The van der Waals surface area contributed by atoms with Crippen molar-refractivity contribution in [3.63, 3.8) is 0 Å². The van der Waals surface area contributed by atoms with Crippen LogP contribution in [0.3, 0.4) is 0 Å². The maximum atomic E-state index is 10.5. The van der Waals surface area contributed by atoms with E-state index in [0.717, 1.165) is 25.8 Å². The lowest BCUT2D eigenvalue weighted by atomic mass is 9.65. The van der Waals surface area contributed by atoms with E-state index < -0.39 is 6.16 Å². The summed E-state index contributed by atoms with van der Waals surface area (Å²) in [5.74, 6) is 0. The highest BCUT2D eigenvalue weighted by Crippen LogP contribution is 2.52. The molecule has 1 aliphatic heterocycles. The van der Waals surface area contributed by atoms with Gasteiger partial charge in [-0.15, -0.1) is 5.06 Å². The Bertz CT molecular complexity index is 290. The molecule has 0 aromatic heterocycles. The van der Waals surface area contributed by atoms with Gasteiger partial charge in [0.15, 0.2) is 0 Å². The van der Waals surface area contributed by atoms with Crippen molar-refractivity contribution in [2.75, 3.05) is 6.54 Å². The number of hydrogen-bond donors (Lipinski definition) is 1. The van der Waals surface area contributed by atoms with Crippen LogP contribution < -0.4 is 0 Å². The second-order valence-corrected chi connectivity index (χ2v) is 6.15. The summed E-state index contributed by atoms with van der Waals surface area (Å²) in [6.07, 6.45) is 2.04. The summed E-state index contributed by atoms with van der Waals surface area (Å²) in [6.45, 7) is 7.48. The minimum atomic E-state index is -1.19. The second-order valence-electron chi connectivity index (χ2n) is 6.15. The molecule has 86 valence electrons. The summed E-state index contributed by atoms with van der Waals surface area (Å²) in [5, 5.41) is 10.3. The van der Waals surface area contributed by atoms with Crippen molar-refractivity contribution in [3.05, 3.63) is 0 Å². The predicted molar refractivity (Wildman–Crippen MR) is 55.3 cm³/mol. The largest absolute Gasteiger partial charge is 0.525 e. The number of fused-ring (bicyclic) bond motifs is 2. The van der Waals surface area contributed by atoms with Gasteiger partial charge in [0.05, 0.1) is 0 Å². The van der Waals surface area contributed by atoms with Crippen LogP contribution in [0.1, 0.15) is 40.0 Å². The van der Waals surface area contributed by atoms with E-state index in [1.807, 2.05) is 0 Å². The van der Waals surface area contributed by atoms with Crippen molar-refractivity contribution in [3.8, 4) is 0 Å². The maximum absolute atomic E-state index is 10.5. The van der Waals surface area contributed by atoms with Gasteiger partial charge >= 0.3 is 6.16 Å². The molecule has 1 N–H and O–H groups in total. The molecule has 15 heavy (non-hydrogen) atoms. The molecule has 0 aromatic carbocycles. The maximum Gasteiger partial charge on any atom is 0.525 e. The zero-order valence-electron chi connectivity index (χ0n) is 9.62. The van der Waals surface area contributed by atoms with E-state index in [2.05, 4.69) is 20.8 Å². The molecule has 4 heteroatoms. The van der Waals surface area contributed by atoms with Crippen LogP contribution in [-0.4, -0.2) is 28.9 Å². The Hall–Kier alpha value is -0.770. The smallest absolute Gasteiger partial charge is 0.448 e. The fraction of sp³-hybridized carbons (Fsp3) is 0.909. The molecule has 2 atom stereocenters. The first-order valence-electron chi connectivity index (χ1n) is 5.47. The molecule has 0 radical (unpaired) electrons. The summed E-state index contributed by atoms with van der Waals surface area (Å²) in [7, 11) is 0. The molecule has 0 spiro atoms. The molecule has 2 unspecified atom stereocenters. The van der Waals surface area contributed by atoms with Gasteiger partial charge < -0.3 is 9.94 Å². The molecule has 4 nitrogen and oxygen atoms in total. The molecule has 1 aliphatic carbocycles. The van der Waals surface area contributed by atoms with Crippen molar-refractivity contribution < 1.29 is 14.7 Å². The topological polar surface area (TPSA) is 49.8 Å². The lowest BCUT2D eigenvalue weighted by molar-refractivity contribution is -0.133. The van der Waals surface area contributed by atoms with Crippen LogP contribution in [0.2, 0.25) is 0 Å². The number of nitrogens with zero attached hydrogens (tertiary/aromatic N) is 1. The average molecular weight is 213 g/mol. The molecule has 0 amide bonds. The minimum Gasteiger partial charge on any atom is -0.448 e. The summed E-state index contributed by atoms with van der Waals surface area (Å²) >= 11 is 0. The fourth-order valence-corrected chi connectivity index (χ4v) is 3.62. The quantitative estimate of drug-likeness (QED) is 0.727. The predicted octanol–water partition coefficient (Wildman–Crippen LogP) is 2.50. The van der Waals surface area contributed by atoms with Crippen LogP contribution in [-0.2, 0) is 4.84 Å². The third-order valence-corrected chi connectivity index (χ3v) is 3.56. The molecule has 1 heterocycles. The van der Waals surface area contributed by atoms with E-state index in [9.17, 15) is 4.79 Å². The van der Waals surface area contributed by atoms with E-state index in [0.29, 0.717) is 5.41 Å². The van der Waals surface area contributed by atoms with E-state index in [1.165, 1.54) is 0 Å². The van der Waals surface area contributed by atoms with E-state index in [4.69, 9.17) is 9.94 Å². The lowest BCUT2D eigenvalue weighted by Crippen LogP contribution is -2.35. The summed E-state index contributed by atoms with van der Waals surface area (Å²) < 4.78 is 0. The summed E-state index contributed by atoms with van der Waals surface area (Å²) in [4.78, 5) is 15.4. The molecular weight excluding hydrogens is 194 g/mol. The highest BCUT2D eigenvalue weighted by molar-refractivity contribution is 5.56.